The number of amides is 1. The van der Waals surface area contributed by atoms with Crippen molar-refractivity contribution in [1.29, 1.82) is 0 Å². The van der Waals surface area contributed by atoms with Crippen LogP contribution in [0, 0.1) is 5.82 Å². The van der Waals surface area contributed by atoms with E-state index in [-0.39, 0.29) is 17.6 Å². The molecule has 10 heteroatoms. The third-order valence-corrected chi connectivity index (χ3v) is 6.64. The molecule has 0 bridgehead atoms. The lowest BCUT2D eigenvalue weighted by Crippen LogP contribution is -2.39. The van der Waals surface area contributed by atoms with Crippen LogP contribution in [-0.4, -0.2) is 37.7 Å². The fourth-order valence-electron chi connectivity index (χ4n) is 3.84. The number of benzene rings is 1. The van der Waals surface area contributed by atoms with E-state index in [1.807, 2.05) is 4.72 Å². The Hall–Kier alpha value is -2.46. The number of nitrogens with zero attached hydrogens (tertiary/aromatic N) is 2. The number of nitrogens with one attached hydrogen (secondary N) is 2. The summed E-state index contributed by atoms with van der Waals surface area (Å²) >= 11 is 0. The predicted octanol–water partition coefficient (Wildman–Crippen LogP) is 2.07. The molecule has 0 saturated carbocycles. The summed E-state index contributed by atoms with van der Waals surface area (Å²) < 4.78 is 46.5. The van der Waals surface area contributed by atoms with Crippen LogP contribution < -0.4 is 10.0 Å². The van der Waals surface area contributed by atoms with Gasteiger partial charge in [-0.25, -0.2) is 14.1 Å². The van der Waals surface area contributed by atoms with Crippen LogP contribution in [0.25, 0.3) is 0 Å². The van der Waals surface area contributed by atoms with Crippen molar-refractivity contribution in [2.75, 3.05) is 19.4 Å². The number of fused-ring (bicyclic) bond motifs is 2. The summed E-state index contributed by atoms with van der Waals surface area (Å²) in [6.07, 6.45) is 5.92. The largest absolute Gasteiger partial charge is 0.418 e. The zero-order chi connectivity index (χ0) is 20.1. The van der Waals surface area contributed by atoms with Gasteiger partial charge in [0.25, 0.3) is 6.01 Å². The monoisotopic (exact) mass is 408 g/mol. The molecule has 2 aliphatic carbocycles. The Kier molecular flexibility index (Phi) is 4.62. The standard InChI is InChI=1S/C18H21FN4O4S/c1-23(2)28(25,26)22-17(24)14-9-20-18(27-14)21-16-12-7-3-5-10(12)15(19)11-6-4-8-13(11)16/h9H,3-8H2,1-2H3,(H,20,21)(H,22,24). The molecular weight excluding hydrogens is 387 g/mol. The van der Waals surface area contributed by atoms with Crippen molar-refractivity contribution in [3.63, 3.8) is 0 Å². The molecule has 0 aliphatic heterocycles. The molecule has 0 saturated heterocycles. The molecule has 0 radical (unpaired) electrons. The fourth-order valence-corrected chi connectivity index (χ4v) is 4.36. The molecule has 28 heavy (non-hydrogen) atoms. The number of rotatable bonds is 5. The number of anilines is 2. The average molecular weight is 408 g/mol. The minimum absolute atomic E-state index is 0.0715. The molecule has 0 atom stereocenters. The molecular formula is C18H21FN4O4S. The van der Waals surface area contributed by atoms with Gasteiger partial charge in [0.15, 0.2) is 0 Å². The predicted molar refractivity (Wildman–Crippen MR) is 100 cm³/mol. The van der Waals surface area contributed by atoms with E-state index in [0.29, 0.717) is 12.8 Å². The summed E-state index contributed by atoms with van der Waals surface area (Å²) in [5.74, 6) is -1.22. The number of hydrogen-bond donors (Lipinski definition) is 2. The second kappa shape index (κ2) is 6.85. The van der Waals surface area contributed by atoms with Crippen molar-refractivity contribution < 1.29 is 22.0 Å². The summed E-state index contributed by atoms with van der Waals surface area (Å²) in [6, 6.07) is 0.0715. The first-order valence-corrected chi connectivity index (χ1v) is 10.5. The zero-order valence-electron chi connectivity index (χ0n) is 15.6. The molecule has 8 nitrogen and oxygen atoms in total. The van der Waals surface area contributed by atoms with Crippen molar-refractivity contribution >= 4 is 27.8 Å². The van der Waals surface area contributed by atoms with Crippen LogP contribution in [0.4, 0.5) is 16.1 Å². The molecule has 2 aromatic rings. The Morgan fingerprint density at radius 2 is 1.68 bits per heavy atom. The zero-order valence-corrected chi connectivity index (χ0v) is 16.5. The fraction of sp³-hybridized carbons (Fsp3) is 0.444. The van der Waals surface area contributed by atoms with Gasteiger partial charge in [0.05, 0.1) is 6.20 Å². The van der Waals surface area contributed by atoms with Crippen molar-refractivity contribution in [2.24, 2.45) is 0 Å². The van der Waals surface area contributed by atoms with Gasteiger partial charge in [-0.05, 0) is 60.8 Å². The SMILES string of the molecule is CN(C)S(=O)(=O)NC(=O)c1cnc(Nc2c3c(c(F)c4c2CCC4)CCC3)o1. The highest BCUT2D eigenvalue weighted by molar-refractivity contribution is 7.87. The van der Waals surface area contributed by atoms with Gasteiger partial charge < -0.3 is 9.73 Å². The van der Waals surface area contributed by atoms with Crippen LogP contribution in [0.2, 0.25) is 0 Å². The maximum atomic E-state index is 14.7. The summed E-state index contributed by atoms with van der Waals surface area (Å²) in [4.78, 5) is 16.2. The molecule has 0 unspecified atom stereocenters. The third-order valence-electron chi connectivity index (χ3n) is 5.23. The van der Waals surface area contributed by atoms with E-state index in [9.17, 15) is 17.6 Å². The van der Waals surface area contributed by atoms with Gasteiger partial charge in [-0.15, -0.1) is 0 Å². The van der Waals surface area contributed by atoms with Gasteiger partial charge in [0.2, 0.25) is 5.76 Å². The molecule has 1 heterocycles. The van der Waals surface area contributed by atoms with Crippen LogP contribution in [0.15, 0.2) is 10.6 Å². The number of carbonyl (C=O) groups excluding carboxylic acids is 1. The lowest BCUT2D eigenvalue weighted by atomic mass is 9.98. The smallest absolute Gasteiger partial charge is 0.303 e. The number of halogens is 1. The summed E-state index contributed by atoms with van der Waals surface area (Å²) in [6.45, 7) is 0. The van der Waals surface area contributed by atoms with E-state index in [1.165, 1.54) is 14.1 Å². The topological polar surface area (TPSA) is 105 Å². The van der Waals surface area contributed by atoms with Crippen LogP contribution in [0.3, 0.4) is 0 Å². The molecule has 2 aliphatic rings. The molecule has 150 valence electrons. The Balaban J connectivity index is 1.62. The van der Waals surface area contributed by atoms with Gasteiger partial charge in [-0.1, -0.05) is 0 Å². The van der Waals surface area contributed by atoms with E-state index in [0.717, 1.165) is 64.1 Å². The maximum Gasteiger partial charge on any atom is 0.303 e. The minimum atomic E-state index is -3.93. The van der Waals surface area contributed by atoms with Crippen LogP contribution >= 0.6 is 0 Å². The number of carbonyl (C=O) groups is 1. The normalized spacial score (nSPS) is 15.6. The second-order valence-electron chi connectivity index (χ2n) is 7.18. The molecule has 0 fully saturated rings. The van der Waals surface area contributed by atoms with E-state index >= 15 is 0 Å². The number of aromatic nitrogens is 1. The first-order valence-electron chi connectivity index (χ1n) is 9.10. The molecule has 1 amide bonds. The van der Waals surface area contributed by atoms with E-state index in [1.54, 1.807) is 0 Å². The van der Waals surface area contributed by atoms with Crippen LogP contribution in [0.1, 0.15) is 45.7 Å². The van der Waals surface area contributed by atoms with Gasteiger partial charge in [-0.3, -0.25) is 4.79 Å². The minimum Gasteiger partial charge on any atom is -0.418 e. The molecule has 4 rings (SSSR count). The molecule has 0 spiro atoms. The second-order valence-corrected chi connectivity index (χ2v) is 9.07. The van der Waals surface area contributed by atoms with E-state index in [4.69, 9.17) is 4.42 Å². The van der Waals surface area contributed by atoms with Gasteiger partial charge in [0, 0.05) is 19.8 Å². The first kappa shape index (κ1) is 18.9. The summed E-state index contributed by atoms with van der Waals surface area (Å²) in [5, 5.41) is 3.11. The summed E-state index contributed by atoms with van der Waals surface area (Å²) in [7, 11) is -1.32. The van der Waals surface area contributed by atoms with Crippen molar-refractivity contribution in [2.45, 2.75) is 38.5 Å². The Morgan fingerprint density at radius 1 is 1.11 bits per heavy atom. The quantitative estimate of drug-likeness (QED) is 0.785. The van der Waals surface area contributed by atoms with Crippen molar-refractivity contribution in [3.8, 4) is 0 Å². The van der Waals surface area contributed by atoms with E-state index < -0.39 is 16.1 Å². The maximum absolute atomic E-state index is 14.7. The number of hydrogen-bond acceptors (Lipinski definition) is 6. The molecule has 2 N–H and O–H groups in total. The van der Waals surface area contributed by atoms with Crippen LogP contribution in [-0.2, 0) is 35.9 Å². The van der Waals surface area contributed by atoms with Gasteiger partial charge >= 0.3 is 16.1 Å². The first-order chi connectivity index (χ1) is 13.3. The van der Waals surface area contributed by atoms with Crippen LogP contribution in [0.5, 0.6) is 0 Å². The van der Waals surface area contributed by atoms with Crippen molar-refractivity contribution in [1.82, 2.24) is 14.0 Å². The van der Waals surface area contributed by atoms with Gasteiger partial charge in [0.1, 0.15) is 5.82 Å². The Bertz CT molecular complexity index is 1030. The Morgan fingerprint density at radius 3 is 2.25 bits per heavy atom. The molecule has 1 aromatic carbocycles. The van der Waals surface area contributed by atoms with Gasteiger partial charge in [-0.2, -0.15) is 12.7 Å². The van der Waals surface area contributed by atoms with Crippen molar-refractivity contribution in [3.05, 3.63) is 40.0 Å². The average Bonchev–Trinajstić information content (AvgIpc) is 3.37. The third kappa shape index (κ3) is 3.16. The molecule has 1 aromatic heterocycles. The van der Waals surface area contributed by atoms with E-state index in [2.05, 4.69) is 10.3 Å². The highest BCUT2D eigenvalue weighted by Gasteiger charge is 2.30. The highest BCUT2D eigenvalue weighted by atomic mass is 32.2. The summed E-state index contributed by atoms with van der Waals surface area (Å²) in [5.41, 5.74) is 4.21. The lowest BCUT2D eigenvalue weighted by molar-refractivity contribution is 0.0953. The number of oxazole rings is 1. The Labute approximate surface area is 162 Å². The lowest BCUT2D eigenvalue weighted by Gasteiger charge is -2.16. The highest BCUT2D eigenvalue weighted by Crippen LogP contribution is 2.41.